The van der Waals surface area contributed by atoms with Crippen molar-refractivity contribution in [1.29, 1.82) is 0 Å². The molecule has 2 aromatic heterocycles. The van der Waals surface area contributed by atoms with E-state index in [0.29, 0.717) is 29.7 Å². The zero-order valence-electron chi connectivity index (χ0n) is 65.1. The first-order chi connectivity index (χ1) is 53.6. The fourth-order valence-corrected chi connectivity index (χ4v) is 13.5. The highest BCUT2D eigenvalue weighted by molar-refractivity contribution is 7.90. The number of imidazole rings is 1. The molecule has 21 N–H and O–H groups in total. The first-order valence-electron chi connectivity index (χ1n) is 39.3. The Labute approximate surface area is 655 Å². The van der Waals surface area contributed by atoms with Gasteiger partial charge < -0.3 is 95.9 Å². The number of aliphatic hydroxyl groups excluding tert-OH is 2. The molecular formula is C77H120N18O16S. The number of nitrogens with one attached hydrogen (secondary N) is 13. The first kappa shape index (κ1) is 92.6. The van der Waals surface area contributed by atoms with E-state index in [-0.39, 0.29) is 89.7 Å². The number of para-hydroxylation sites is 1. The number of aliphatic imine (C=N–C) groups is 1. The van der Waals surface area contributed by atoms with Gasteiger partial charge in [-0.1, -0.05) is 152 Å². The number of carbonyl (C=O) groups excluding carboxylic acids is 12. The Balaban J connectivity index is 1.41. The SMILES string of the molecule is CCCCCCCCCCCCCCCC(=O)N[C@@H](CO)C(=O)N[C@@H](Cc1cnc[nH]1)C(=O)N[C@H](C(=O)N[C@@H](CCCC)C(=O)N[C@H]1CCC(=O)NCCCC[C@@H](C(N)=O)NC(=O)[C@H](Cc2c[nH]c3ccccc23)NC(=O)[C@H](CCCN=C(N)N)NC(=O)[C@@H](Cc2ccccc2)NC(=O)[C@H](CCS(C)(=O)=O)NC1=O)[C@@H](C)O. The number of fused-ring (bicyclic) bond motifs is 1. The zero-order chi connectivity index (χ0) is 82.0. The summed E-state index contributed by atoms with van der Waals surface area (Å²) in [6.45, 7) is 4.28. The van der Waals surface area contributed by atoms with Gasteiger partial charge in [-0.15, -0.1) is 0 Å². The van der Waals surface area contributed by atoms with E-state index in [0.717, 1.165) is 49.3 Å². The number of primary amides is 1. The van der Waals surface area contributed by atoms with Crippen molar-refractivity contribution in [2.45, 2.75) is 267 Å². The Hall–Kier alpha value is -10.0. The summed E-state index contributed by atoms with van der Waals surface area (Å²) in [5, 5.41) is 50.9. The van der Waals surface area contributed by atoms with Gasteiger partial charge >= 0.3 is 0 Å². The van der Waals surface area contributed by atoms with Gasteiger partial charge in [-0.2, -0.15) is 0 Å². The molecule has 0 spiro atoms. The summed E-state index contributed by atoms with van der Waals surface area (Å²) in [6, 6.07) is -0.266. The summed E-state index contributed by atoms with van der Waals surface area (Å²) >= 11 is 0. The molecule has 35 heteroatoms. The Morgan fingerprint density at radius 3 is 1.81 bits per heavy atom. The fourth-order valence-electron chi connectivity index (χ4n) is 12.9. The Morgan fingerprint density at radius 1 is 0.616 bits per heavy atom. The summed E-state index contributed by atoms with van der Waals surface area (Å²) in [4.78, 5) is 186. The third-order valence-corrected chi connectivity index (χ3v) is 20.3. The minimum Gasteiger partial charge on any atom is -0.394 e. The first-order valence-corrected chi connectivity index (χ1v) is 41.3. The highest BCUT2D eigenvalue weighted by atomic mass is 32.2. The van der Waals surface area contributed by atoms with Crippen LogP contribution in [0.25, 0.3) is 10.9 Å². The molecule has 4 aromatic rings. The molecule has 112 heavy (non-hydrogen) atoms. The second kappa shape index (κ2) is 50.1. The number of nitrogens with two attached hydrogens (primary N) is 3. The maximum absolute atomic E-state index is 15.0. The van der Waals surface area contributed by atoms with Gasteiger partial charge in [-0.25, -0.2) is 13.4 Å². The number of amides is 12. The molecule has 34 nitrogen and oxygen atoms in total. The van der Waals surface area contributed by atoms with Crippen LogP contribution < -0.4 is 75.7 Å². The number of unbranched alkanes of at least 4 members (excludes halogenated alkanes) is 13. The normalized spacial score (nSPS) is 19.4. The van der Waals surface area contributed by atoms with E-state index in [1.54, 1.807) is 61.7 Å². The lowest BCUT2D eigenvalue weighted by molar-refractivity contribution is -0.137. The smallest absolute Gasteiger partial charge is 0.245 e. The maximum Gasteiger partial charge on any atom is 0.245 e. The van der Waals surface area contributed by atoms with Gasteiger partial charge in [-0.05, 0) is 81.9 Å². The van der Waals surface area contributed by atoms with Gasteiger partial charge in [0.25, 0.3) is 0 Å². The molecule has 2 aromatic carbocycles. The van der Waals surface area contributed by atoms with E-state index in [1.165, 1.54) is 64.4 Å². The van der Waals surface area contributed by atoms with E-state index in [9.17, 15) is 76.2 Å². The molecule has 0 aliphatic carbocycles. The van der Waals surface area contributed by atoms with Crippen LogP contribution in [0.5, 0.6) is 0 Å². The number of H-pyrrole nitrogens is 2. The van der Waals surface area contributed by atoms with Crippen molar-refractivity contribution in [3.63, 3.8) is 0 Å². The largest absolute Gasteiger partial charge is 0.394 e. The van der Waals surface area contributed by atoms with Crippen molar-refractivity contribution in [2.75, 3.05) is 31.7 Å². The van der Waals surface area contributed by atoms with E-state index in [4.69, 9.17) is 17.2 Å². The van der Waals surface area contributed by atoms with Crippen LogP contribution >= 0.6 is 0 Å². The number of rotatable bonds is 42. The molecule has 0 bridgehead atoms. The quantitative estimate of drug-likeness (QED) is 0.0166. The van der Waals surface area contributed by atoms with Gasteiger partial charge in [0, 0.05) is 80.4 Å². The van der Waals surface area contributed by atoms with Gasteiger partial charge in [0.1, 0.15) is 70.3 Å². The minimum absolute atomic E-state index is 0.0156. The summed E-state index contributed by atoms with van der Waals surface area (Å²) in [5.41, 5.74) is 19.3. The second-order valence-corrected chi connectivity index (χ2v) is 31.1. The van der Waals surface area contributed by atoms with Crippen LogP contribution in [-0.4, -0.2) is 209 Å². The standard InChI is InChI=1S/C77H120N18O16S/c1-5-7-9-10-11-12-13-14-15-16-17-18-22-35-65(99)86-63(47-96)75(108)94-62(44-52-46-81-48-85-52)74(107)95-66(49(3)97)76(109)91-56(31-8-6-2)68(101)89-58-36-37-64(98)82-39-26-25-33-55(67(78)100)87-73(106)61(43-51-45-84-54-32-24-23-30-53(51)54)93-69(102)57(34-27-40-83-77(79)80)88-72(105)60(42-50-28-20-19-21-29-50)92-71(104)59(90-70(58)103)38-41-112(4,110)111/h19-21,23-24,28-30,32,45-46,48-49,55-63,66,84,96-97H,5-18,22,25-27,31,33-44,47H2,1-4H3,(H2,78,100)(H,81,85)(H,82,98)(H,86,99)(H,87,106)(H,88,105)(H,89,101)(H,90,103)(H,91,109)(H,92,104)(H,93,102)(H,94,108)(H,95,107)(H4,79,80,83)/t49-,55+,56+,57+,58+,59+,60-,61+,62+,63+,66+/m1/s1. The summed E-state index contributed by atoms with van der Waals surface area (Å²) in [5.74, 6) is -12.1. The number of carbonyl (C=O) groups is 12. The van der Waals surface area contributed by atoms with Gasteiger partial charge in [0.15, 0.2) is 5.96 Å². The van der Waals surface area contributed by atoms with Crippen LogP contribution in [0.1, 0.15) is 198 Å². The summed E-state index contributed by atoms with van der Waals surface area (Å²) in [7, 11) is -3.92. The number of hydrogen-bond donors (Lipinski definition) is 18. The van der Waals surface area contributed by atoms with Crippen LogP contribution in [0.3, 0.4) is 0 Å². The van der Waals surface area contributed by atoms with Crippen molar-refractivity contribution < 1.29 is 76.2 Å². The molecule has 0 saturated carbocycles. The average molecular weight is 1590 g/mol. The molecule has 0 unspecified atom stereocenters. The van der Waals surface area contributed by atoms with Gasteiger partial charge in [0.2, 0.25) is 70.9 Å². The minimum atomic E-state index is -3.92. The number of nitrogens with zero attached hydrogens (tertiary/aromatic N) is 2. The van der Waals surface area contributed by atoms with Crippen LogP contribution in [0.15, 0.2) is 78.3 Å². The van der Waals surface area contributed by atoms with Crippen molar-refractivity contribution in [3.8, 4) is 0 Å². The summed E-state index contributed by atoms with van der Waals surface area (Å²) in [6.07, 6.45) is 16.6. The van der Waals surface area contributed by atoms with Gasteiger partial charge in [0.05, 0.1) is 24.8 Å². The highest BCUT2D eigenvalue weighted by Gasteiger charge is 2.38. The second-order valence-electron chi connectivity index (χ2n) is 28.8. The Kier molecular flexibility index (Phi) is 41.4. The molecule has 1 aliphatic rings. The molecule has 1 fully saturated rings. The fraction of sp³-hybridized carbons (Fsp3) is 0.610. The number of guanidine groups is 1. The van der Waals surface area contributed by atoms with Crippen LogP contribution in [-0.2, 0) is 86.6 Å². The molecule has 1 aliphatic heterocycles. The zero-order valence-corrected chi connectivity index (χ0v) is 65.9. The molecule has 1 saturated heterocycles. The van der Waals surface area contributed by atoms with Crippen molar-refractivity contribution >= 4 is 97.6 Å². The predicted octanol–water partition coefficient (Wildman–Crippen LogP) is 0.865. The highest BCUT2D eigenvalue weighted by Crippen LogP contribution is 2.21. The lowest BCUT2D eigenvalue weighted by Crippen LogP contribution is -2.62. The van der Waals surface area contributed by atoms with Crippen LogP contribution in [0.2, 0.25) is 0 Å². The Bertz CT molecular complexity index is 3800. The van der Waals surface area contributed by atoms with Gasteiger partial charge in [-0.3, -0.25) is 62.5 Å². The monoisotopic (exact) mass is 1580 g/mol. The molecule has 0 radical (unpaired) electrons. The van der Waals surface area contributed by atoms with E-state index < -0.39 is 179 Å². The molecule has 620 valence electrons. The lowest BCUT2D eigenvalue weighted by Gasteiger charge is -2.29. The number of hydrogen-bond acceptors (Lipinski definition) is 18. The molecule has 11 atom stereocenters. The third kappa shape index (κ3) is 34.7. The number of sulfone groups is 1. The van der Waals surface area contributed by atoms with Crippen LogP contribution in [0, 0.1) is 0 Å². The third-order valence-electron chi connectivity index (χ3n) is 19.3. The molecule has 5 rings (SSSR count). The lowest BCUT2D eigenvalue weighted by atomic mass is 10.0. The van der Waals surface area contributed by atoms with E-state index >= 15 is 0 Å². The molecule has 12 amide bonds. The Morgan fingerprint density at radius 2 is 1.20 bits per heavy atom. The van der Waals surface area contributed by atoms with Crippen molar-refractivity contribution in [1.82, 2.24) is 73.4 Å². The average Bonchev–Trinajstić information content (AvgIpc) is 1.64. The predicted molar refractivity (Wildman–Crippen MR) is 422 cm³/mol. The van der Waals surface area contributed by atoms with Crippen LogP contribution in [0.4, 0.5) is 0 Å². The molecule has 3 heterocycles. The number of aliphatic hydroxyl groups is 2. The number of aromatic amines is 2. The summed E-state index contributed by atoms with van der Waals surface area (Å²) < 4.78 is 25.8. The number of benzene rings is 2. The number of aromatic nitrogens is 3. The van der Waals surface area contributed by atoms with E-state index in [1.807, 2.05) is 6.07 Å². The molecular weight excluding hydrogens is 1470 g/mol. The topological polar surface area (TPSA) is 547 Å². The maximum atomic E-state index is 15.0. The van der Waals surface area contributed by atoms with Crippen molar-refractivity contribution in [2.24, 2.45) is 22.2 Å². The van der Waals surface area contributed by atoms with Crippen molar-refractivity contribution in [3.05, 3.63) is 90.1 Å². The van der Waals surface area contributed by atoms with E-state index in [2.05, 4.69) is 85.4 Å².